The van der Waals surface area contributed by atoms with Crippen LogP contribution in [-0.4, -0.2) is 31.0 Å². The first-order valence-corrected chi connectivity index (χ1v) is 8.75. The van der Waals surface area contributed by atoms with Crippen LogP contribution in [-0.2, 0) is 19.5 Å². The Balaban J connectivity index is 2.17. The van der Waals surface area contributed by atoms with E-state index in [2.05, 4.69) is 66.7 Å². The second-order valence-electron chi connectivity index (χ2n) is 8.46. The Bertz CT molecular complexity index is 639. The van der Waals surface area contributed by atoms with E-state index in [4.69, 9.17) is 19.8 Å². The smallest absolute Gasteiger partial charge is 0.450 e. The summed E-state index contributed by atoms with van der Waals surface area (Å²) >= 11 is 0. The zero-order valence-corrected chi connectivity index (χ0v) is 16.4. The van der Waals surface area contributed by atoms with E-state index in [1.807, 2.05) is 0 Å². The highest BCUT2D eigenvalue weighted by molar-refractivity contribution is 6.62. The number of aryl methyl sites for hydroxylation is 1. The lowest BCUT2D eigenvalue weighted by atomic mass is 9.74. The van der Waals surface area contributed by atoms with Crippen molar-refractivity contribution in [3.63, 3.8) is 0 Å². The topological polar surface area (TPSA) is 70.8 Å². The van der Waals surface area contributed by atoms with Crippen molar-refractivity contribution < 1.29 is 18.8 Å². The van der Waals surface area contributed by atoms with Crippen molar-refractivity contribution in [1.29, 1.82) is 0 Å². The van der Waals surface area contributed by atoms with Gasteiger partial charge in [0.1, 0.15) is 0 Å². The van der Waals surface area contributed by atoms with Crippen LogP contribution in [0.15, 0.2) is 18.2 Å². The summed E-state index contributed by atoms with van der Waals surface area (Å²) < 4.78 is 17.1. The molecule has 1 amide bonds. The second kappa shape index (κ2) is 6.65. The Morgan fingerprint density at radius 3 is 2.24 bits per heavy atom. The van der Waals surface area contributed by atoms with Crippen LogP contribution < -0.4 is 11.2 Å². The lowest BCUT2D eigenvalue weighted by molar-refractivity contribution is 0.00578. The number of carbonyl (C=O) groups excluding carboxylic acids is 1. The molecule has 25 heavy (non-hydrogen) atoms. The molecular weight excluding hydrogens is 317 g/mol. The molecule has 138 valence electrons. The number of rotatable bonds is 5. The molecule has 0 atom stereocenters. The first-order chi connectivity index (χ1) is 11.4. The minimum absolute atomic E-state index is 0.131. The van der Waals surface area contributed by atoms with Crippen molar-refractivity contribution in [2.24, 2.45) is 5.73 Å². The number of hydrogen-bond acceptors (Lipinski definition) is 4. The van der Waals surface area contributed by atoms with E-state index in [0.717, 1.165) is 11.0 Å². The Hall–Kier alpha value is -1.53. The third kappa shape index (κ3) is 4.18. The second-order valence-corrected chi connectivity index (χ2v) is 8.46. The van der Waals surface area contributed by atoms with Crippen LogP contribution >= 0.6 is 0 Å². The predicted octanol–water partition coefficient (Wildman–Crippen LogP) is 3.06. The third-order valence-electron chi connectivity index (χ3n) is 5.48. The number of amides is 1. The van der Waals surface area contributed by atoms with Crippen LogP contribution in [0, 0.1) is 6.92 Å². The summed E-state index contributed by atoms with van der Waals surface area (Å²) in [5.74, 6) is 0. The molecular formula is C19H30BNO4. The summed E-state index contributed by atoms with van der Waals surface area (Å²) in [5, 5.41) is 0. The lowest BCUT2D eigenvalue weighted by Gasteiger charge is -2.32. The van der Waals surface area contributed by atoms with Crippen molar-refractivity contribution in [2.75, 3.05) is 6.61 Å². The number of primary amides is 1. The zero-order chi connectivity index (χ0) is 19.0. The number of nitrogens with two attached hydrogens (primary N) is 1. The van der Waals surface area contributed by atoms with Crippen molar-refractivity contribution in [1.82, 2.24) is 0 Å². The van der Waals surface area contributed by atoms with Gasteiger partial charge in [0.25, 0.3) is 0 Å². The molecule has 1 aliphatic rings. The Morgan fingerprint density at radius 2 is 1.76 bits per heavy atom. The largest absolute Gasteiger partial charge is 0.494 e. The summed E-state index contributed by atoms with van der Waals surface area (Å²) in [4.78, 5) is 10.8. The van der Waals surface area contributed by atoms with Gasteiger partial charge in [0.2, 0.25) is 0 Å². The predicted molar refractivity (Wildman–Crippen MR) is 100 cm³/mol. The normalized spacial score (nSPS) is 19.1. The highest BCUT2D eigenvalue weighted by Gasteiger charge is 2.51. The first kappa shape index (κ1) is 19.8. The highest BCUT2D eigenvalue weighted by atomic mass is 16.7. The van der Waals surface area contributed by atoms with Gasteiger partial charge in [-0.05, 0) is 63.0 Å². The fourth-order valence-corrected chi connectivity index (χ4v) is 3.11. The molecule has 0 radical (unpaired) electrons. The maximum absolute atomic E-state index is 10.8. The van der Waals surface area contributed by atoms with Crippen LogP contribution in [0.2, 0.25) is 0 Å². The average Bonchev–Trinajstić information content (AvgIpc) is 2.66. The summed E-state index contributed by atoms with van der Waals surface area (Å²) in [6.45, 7) is 14.9. The first-order valence-electron chi connectivity index (χ1n) is 8.75. The fourth-order valence-electron chi connectivity index (χ4n) is 3.11. The van der Waals surface area contributed by atoms with E-state index in [1.54, 1.807) is 0 Å². The molecule has 5 nitrogen and oxygen atoms in total. The van der Waals surface area contributed by atoms with E-state index in [9.17, 15) is 4.79 Å². The Kier molecular flexibility index (Phi) is 5.27. The molecule has 6 heteroatoms. The lowest BCUT2D eigenvalue weighted by Crippen LogP contribution is -2.41. The summed E-state index contributed by atoms with van der Waals surface area (Å²) in [6, 6.07) is 6.29. The summed E-state index contributed by atoms with van der Waals surface area (Å²) in [6.07, 6.45) is -0.0317. The van der Waals surface area contributed by atoms with Crippen molar-refractivity contribution in [2.45, 2.75) is 71.5 Å². The Morgan fingerprint density at radius 1 is 1.20 bits per heavy atom. The molecule has 0 aromatic heterocycles. The van der Waals surface area contributed by atoms with Crippen LogP contribution in [0.25, 0.3) is 0 Å². The van der Waals surface area contributed by atoms with Crippen LogP contribution in [0.5, 0.6) is 0 Å². The number of ether oxygens (including phenoxy) is 1. The number of benzene rings is 1. The maximum atomic E-state index is 10.8. The summed E-state index contributed by atoms with van der Waals surface area (Å²) in [5.41, 5.74) is 7.59. The minimum Gasteiger partial charge on any atom is -0.450 e. The highest BCUT2D eigenvalue weighted by Crippen LogP contribution is 2.37. The van der Waals surface area contributed by atoms with Crippen molar-refractivity contribution in [3.05, 3.63) is 29.3 Å². The van der Waals surface area contributed by atoms with Crippen LogP contribution in [0.4, 0.5) is 4.79 Å². The minimum atomic E-state index is -0.733. The third-order valence-corrected chi connectivity index (χ3v) is 5.48. The van der Waals surface area contributed by atoms with E-state index in [1.165, 1.54) is 5.56 Å². The molecule has 2 rings (SSSR count). The quantitative estimate of drug-likeness (QED) is 0.831. The number of carbonyl (C=O) groups is 1. The molecule has 0 spiro atoms. The molecule has 2 N–H and O–H groups in total. The summed E-state index contributed by atoms with van der Waals surface area (Å²) in [7, 11) is -0.362. The molecule has 1 aromatic rings. The molecule has 1 heterocycles. The van der Waals surface area contributed by atoms with Gasteiger partial charge in [-0.3, -0.25) is 0 Å². The van der Waals surface area contributed by atoms with Gasteiger partial charge in [-0.2, -0.15) is 0 Å². The molecule has 0 unspecified atom stereocenters. The van der Waals surface area contributed by atoms with Gasteiger partial charge < -0.3 is 19.8 Å². The Labute approximate surface area is 151 Å². The number of hydrogen-bond donors (Lipinski definition) is 1. The van der Waals surface area contributed by atoms with Crippen LogP contribution in [0.1, 0.15) is 59.1 Å². The van der Waals surface area contributed by atoms with Gasteiger partial charge >= 0.3 is 13.2 Å². The zero-order valence-electron chi connectivity index (χ0n) is 16.4. The standard InChI is InChI=1S/C19H30BNO4/c1-13-12-14(20-24-18(4,5)19(6,7)25-20)8-9-15(13)17(2,3)10-11-23-16(21)22/h8-9,12H,10-11H2,1-7H3,(H2,21,22). The van der Waals surface area contributed by atoms with Gasteiger partial charge in [-0.1, -0.05) is 32.0 Å². The van der Waals surface area contributed by atoms with Gasteiger partial charge in [-0.15, -0.1) is 0 Å². The van der Waals surface area contributed by atoms with Crippen molar-refractivity contribution in [3.8, 4) is 0 Å². The van der Waals surface area contributed by atoms with Gasteiger partial charge in [-0.25, -0.2) is 4.79 Å². The van der Waals surface area contributed by atoms with Gasteiger partial charge in [0.05, 0.1) is 17.8 Å². The van der Waals surface area contributed by atoms with E-state index >= 15 is 0 Å². The molecule has 0 bridgehead atoms. The molecule has 1 aliphatic heterocycles. The molecule has 1 fully saturated rings. The van der Waals surface area contributed by atoms with E-state index < -0.39 is 6.09 Å². The SMILES string of the molecule is Cc1cc(B2OC(C)(C)C(C)(C)O2)ccc1C(C)(C)CCOC(N)=O. The molecule has 1 saturated heterocycles. The van der Waals surface area contributed by atoms with Gasteiger partial charge in [0.15, 0.2) is 0 Å². The maximum Gasteiger partial charge on any atom is 0.494 e. The van der Waals surface area contributed by atoms with Crippen molar-refractivity contribution >= 4 is 18.7 Å². The molecule has 1 aromatic carbocycles. The average molecular weight is 347 g/mol. The van der Waals surface area contributed by atoms with E-state index in [0.29, 0.717) is 13.0 Å². The van der Waals surface area contributed by atoms with Gasteiger partial charge in [0, 0.05) is 0 Å². The molecule has 0 saturated carbocycles. The molecule has 0 aliphatic carbocycles. The van der Waals surface area contributed by atoms with E-state index in [-0.39, 0.29) is 23.7 Å². The van der Waals surface area contributed by atoms with Crippen LogP contribution in [0.3, 0.4) is 0 Å². The monoisotopic (exact) mass is 347 g/mol. The fraction of sp³-hybridized carbons (Fsp3) is 0.632.